The molecule has 0 atom stereocenters. The van der Waals surface area contributed by atoms with Crippen LogP contribution in [0.25, 0.3) is 11.1 Å². The summed E-state index contributed by atoms with van der Waals surface area (Å²) in [7, 11) is 0. The van der Waals surface area contributed by atoms with Crippen molar-refractivity contribution in [1.29, 1.82) is 0 Å². The molecule has 150 valence electrons. The summed E-state index contributed by atoms with van der Waals surface area (Å²) in [5.41, 5.74) is 2.91. The van der Waals surface area contributed by atoms with Gasteiger partial charge in [-0.15, -0.1) is 0 Å². The molecule has 3 aromatic rings. The van der Waals surface area contributed by atoms with Crippen molar-refractivity contribution in [3.8, 4) is 11.1 Å². The maximum absolute atomic E-state index is 11.5. The van der Waals surface area contributed by atoms with Gasteiger partial charge in [-0.25, -0.2) is 14.5 Å². The molecule has 0 amide bonds. The van der Waals surface area contributed by atoms with Gasteiger partial charge < -0.3 is 5.11 Å². The molecule has 0 spiro atoms. The highest BCUT2D eigenvalue weighted by Gasteiger charge is 2.21. The van der Waals surface area contributed by atoms with Gasteiger partial charge in [0.05, 0.1) is 12.1 Å². The van der Waals surface area contributed by atoms with Gasteiger partial charge in [0, 0.05) is 11.8 Å². The SMILES string of the molecule is CC=CCn1nc(C(C)(C)C)nc1Cc1ccc(-c2ccccc2C(=O)O)cc1. The monoisotopic (exact) mass is 389 g/mol. The van der Waals surface area contributed by atoms with Gasteiger partial charge in [0.25, 0.3) is 0 Å². The fourth-order valence-electron chi connectivity index (χ4n) is 3.08. The van der Waals surface area contributed by atoms with E-state index in [2.05, 4.69) is 26.8 Å². The van der Waals surface area contributed by atoms with Gasteiger partial charge in [0.15, 0.2) is 5.82 Å². The number of rotatable bonds is 6. The molecule has 0 aliphatic carbocycles. The highest BCUT2D eigenvalue weighted by molar-refractivity contribution is 5.95. The first kappa shape index (κ1) is 20.5. The van der Waals surface area contributed by atoms with Gasteiger partial charge >= 0.3 is 5.97 Å². The smallest absolute Gasteiger partial charge is 0.336 e. The third kappa shape index (κ3) is 4.80. The van der Waals surface area contributed by atoms with Gasteiger partial charge in [-0.2, -0.15) is 5.10 Å². The number of aromatic carboxylic acids is 1. The van der Waals surface area contributed by atoms with E-state index < -0.39 is 5.97 Å². The van der Waals surface area contributed by atoms with Crippen molar-refractivity contribution in [3.63, 3.8) is 0 Å². The molecule has 1 aromatic heterocycles. The van der Waals surface area contributed by atoms with Crippen molar-refractivity contribution >= 4 is 5.97 Å². The lowest BCUT2D eigenvalue weighted by molar-refractivity contribution is 0.0697. The largest absolute Gasteiger partial charge is 0.478 e. The van der Waals surface area contributed by atoms with Crippen LogP contribution in [0.3, 0.4) is 0 Å². The second-order valence-corrected chi connectivity index (χ2v) is 8.08. The van der Waals surface area contributed by atoms with Crippen LogP contribution in [0.15, 0.2) is 60.7 Å². The number of hydrogen-bond acceptors (Lipinski definition) is 3. The van der Waals surface area contributed by atoms with E-state index in [0.29, 0.717) is 18.5 Å². The number of hydrogen-bond donors (Lipinski definition) is 1. The first-order chi connectivity index (χ1) is 13.8. The standard InChI is InChI=1S/C24H27N3O2/c1-5-6-15-27-21(25-23(26-27)24(2,3)4)16-17-11-13-18(14-12-17)19-9-7-8-10-20(19)22(28)29/h5-14H,15-16H2,1-4H3,(H,28,29). The minimum Gasteiger partial charge on any atom is -0.478 e. The third-order valence-corrected chi connectivity index (χ3v) is 4.72. The molecular weight excluding hydrogens is 362 g/mol. The van der Waals surface area contributed by atoms with Crippen LogP contribution in [-0.2, 0) is 18.4 Å². The van der Waals surface area contributed by atoms with E-state index in [-0.39, 0.29) is 5.41 Å². The van der Waals surface area contributed by atoms with E-state index in [1.165, 1.54) is 0 Å². The fraction of sp³-hybridized carbons (Fsp3) is 0.292. The van der Waals surface area contributed by atoms with Crippen LogP contribution in [-0.4, -0.2) is 25.8 Å². The Kier molecular flexibility index (Phi) is 5.97. The molecular formula is C24H27N3O2. The van der Waals surface area contributed by atoms with Gasteiger partial charge in [-0.1, -0.05) is 75.4 Å². The number of carbonyl (C=O) groups is 1. The van der Waals surface area contributed by atoms with Gasteiger partial charge in [-0.05, 0) is 29.7 Å². The Labute approximate surface area is 171 Å². The van der Waals surface area contributed by atoms with E-state index in [9.17, 15) is 9.90 Å². The second-order valence-electron chi connectivity index (χ2n) is 8.08. The number of allylic oxidation sites excluding steroid dienone is 2. The first-order valence-electron chi connectivity index (χ1n) is 9.76. The molecule has 1 heterocycles. The zero-order chi connectivity index (χ0) is 21.0. The first-order valence-corrected chi connectivity index (χ1v) is 9.76. The molecule has 0 saturated carbocycles. The summed E-state index contributed by atoms with van der Waals surface area (Å²) in [6, 6.07) is 15.0. The normalized spacial score (nSPS) is 11.9. The van der Waals surface area contributed by atoms with Crippen LogP contribution in [0, 0.1) is 0 Å². The topological polar surface area (TPSA) is 68.0 Å². The lowest BCUT2D eigenvalue weighted by Gasteiger charge is -2.12. The number of nitrogens with zero attached hydrogens (tertiary/aromatic N) is 3. The molecule has 29 heavy (non-hydrogen) atoms. The van der Waals surface area contributed by atoms with Crippen molar-refractivity contribution in [2.24, 2.45) is 0 Å². The Morgan fingerprint density at radius 2 is 1.79 bits per heavy atom. The number of carboxylic acids is 1. The molecule has 0 radical (unpaired) electrons. The third-order valence-electron chi connectivity index (χ3n) is 4.72. The molecule has 5 heteroatoms. The number of benzene rings is 2. The molecule has 1 N–H and O–H groups in total. The lowest BCUT2D eigenvalue weighted by Crippen LogP contribution is -2.14. The Hall–Kier alpha value is -3.21. The molecule has 0 unspecified atom stereocenters. The van der Waals surface area contributed by atoms with Gasteiger partial charge in [0.1, 0.15) is 5.82 Å². The predicted molar refractivity (Wildman–Crippen MR) is 115 cm³/mol. The highest BCUT2D eigenvalue weighted by atomic mass is 16.4. The molecule has 5 nitrogen and oxygen atoms in total. The summed E-state index contributed by atoms with van der Waals surface area (Å²) < 4.78 is 1.95. The Morgan fingerprint density at radius 1 is 1.10 bits per heavy atom. The van der Waals surface area contributed by atoms with Crippen molar-refractivity contribution in [3.05, 3.63) is 83.5 Å². The van der Waals surface area contributed by atoms with Crippen LogP contribution in [0.4, 0.5) is 0 Å². The maximum atomic E-state index is 11.5. The molecule has 0 fully saturated rings. The molecule has 0 aliphatic rings. The summed E-state index contributed by atoms with van der Waals surface area (Å²) >= 11 is 0. The van der Waals surface area contributed by atoms with Gasteiger partial charge in [-0.3, -0.25) is 0 Å². The summed E-state index contributed by atoms with van der Waals surface area (Å²) in [5.74, 6) is 0.840. The average Bonchev–Trinajstić information content (AvgIpc) is 3.10. The van der Waals surface area contributed by atoms with Crippen molar-refractivity contribution in [1.82, 2.24) is 14.8 Å². The average molecular weight is 389 g/mol. The summed E-state index contributed by atoms with van der Waals surface area (Å²) in [4.78, 5) is 16.3. The van der Waals surface area contributed by atoms with Crippen molar-refractivity contribution < 1.29 is 9.90 Å². The molecule has 2 aromatic carbocycles. The molecule has 0 saturated heterocycles. The quantitative estimate of drug-likeness (QED) is 0.595. The van der Waals surface area contributed by atoms with Crippen LogP contribution in [0.2, 0.25) is 0 Å². The molecule has 0 bridgehead atoms. The minimum atomic E-state index is -0.920. The van der Waals surface area contributed by atoms with Gasteiger partial charge in [0.2, 0.25) is 0 Å². The van der Waals surface area contributed by atoms with Crippen LogP contribution in [0.1, 0.15) is 55.3 Å². The van der Waals surface area contributed by atoms with E-state index in [0.717, 1.165) is 28.3 Å². The Bertz CT molecular complexity index is 1030. The van der Waals surface area contributed by atoms with Crippen molar-refractivity contribution in [2.75, 3.05) is 0 Å². The summed E-state index contributed by atoms with van der Waals surface area (Å²) in [5, 5.41) is 14.1. The van der Waals surface area contributed by atoms with Crippen LogP contribution >= 0.6 is 0 Å². The van der Waals surface area contributed by atoms with Crippen LogP contribution in [0.5, 0.6) is 0 Å². The lowest BCUT2D eigenvalue weighted by atomic mass is 9.96. The maximum Gasteiger partial charge on any atom is 0.336 e. The zero-order valence-corrected chi connectivity index (χ0v) is 17.4. The Balaban J connectivity index is 1.89. The fourth-order valence-corrected chi connectivity index (χ4v) is 3.08. The van der Waals surface area contributed by atoms with Crippen molar-refractivity contribution in [2.45, 2.75) is 46.1 Å². The minimum absolute atomic E-state index is 0.111. The summed E-state index contributed by atoms with van der Waals surface area (Å²) in [6.45, 7) is 9.02. The number of aromatic nitrogens is 3. The highest BCUT2D eigenvalue weighted by Crippen LogP contribution is 2.25. The predicted octanol–water partition coefficient (Wildman–Crippen LogP) is 5.11. The van der Waals surface area contributed by atoms with E-state index in [1.54, 1.807) is 12.1 Å². The number of carboxylic acid groups (broad SMARTS) is 1. The Morgan fingerprint density at radius 3 is 2.41 bits per heavy atom. The van der Waals surface area contributed by atoms with E-state index >= 15 is 0 Å². The second kappa shape index (κ2) is 8.43. The van der Waals surface area contributed by atoms with E-state index in [1.807, 2.05) is 54.1 Å². The van der Waals surface area contributed by atoms with E-state index in [4.69, 9.17) is 10.1 Å². The molecule has 3 rings (SSSR count). The zero-order valence-electron chi connectivity index (χ0n) is 17.4. The molecule has 0 aliphatic heterocycles. The van der Waals surface area contributed by atoms with Crippen LogP contribution < -0.4 is 0 Å². The summed E-state index contributed by atoms with van der Waals surface area (Å²) in [6.07, 6.45) is 4.74.